The monoisotopic (exact) mass is 498 g/mol. The van der Waals surface area contributed by atoms with Gasteiger partial charge in [-0.15, -0.1) is 0 Å². The fourth-order valence-electron chi connectivity index (χ4n) is 5.38. The van der Waals surface area contributed by atoms with Gasteiger partial charge in [0.05, 0.1) is 5.52 Å². The molecule has 7 heteroatoms. The van der Waals surface area contributed by atoms with E-state index in [4.69, 9.17) is 23.8 Å². The van der Waals surface area contributed by atoms with Crippen LogP contribution in [-0.2, 0) is 0 Å². The van der Waals surface area contributed by atoms with Gasteiger partial charge in [0, 0.05) is 54.5 Å². The zero-order valence-electron chi connectivity index (χ0n) is 19.9. The van der Waals surface area contributed by atoms with Crippen molar-refractivity contribution < 1.29 is 4.39 Å². The van der Waals surface area contributed by atoms with Crippen molar-refractivity contribution in [1.82, 2.24) is 19.3 Å². The Morgan fingerprint density at radius 3 is 2.41 bits per heavy atom. The smallest absolute Gasteiger partial charge is 0.171 e. The molecule has 2 aromatic carbocycles. The lowest BCUT2D eigenvalue weighted by molar-refractivity contribution is 0.200. The third-order valence-electron chi connectivity index (χ3n) is 7.37. The van der Waals surface area contributed by atoms with Crippen LogP contribution in [0.4, 0.5) is 4.39 Å². The fourth-order valence-corrected chi connectivity index (χ4v) is 6.04. The number of hydrogen-bond donors (Lipinski definition) is 0. The zero-order valence-corrected chi connectivity index (χ0v) is 21.5. The topological polar surface area (TPSA) is 14.7 Å². The maximum absolute atomic E-state index is 13.5. The zero-order chi connectivity index (χ0) is 23.8. The number of fused-ring (bicyclic) bond motifs is 1. The van der Waals surface area contributed by atoms with Crippen molar-refractivity contribution in [2.45, 2.75) is 38.6 Å². The van der Waals surface area contributed by atoms with Crippen LogP contribution in [0.3, 0.4) is 0 Å². The third kappa shape index (κ3) is 4.68. The number of benzene rings is 2. The number of halogens is 2. The lowest BCUT2D eigenvalue weighted by Crippen LogP contribution is -2.41. The highest BCUT2D eigenvalue weighted by molar-refractivity contribution is 7.80. The predicted octanol–water partition coefficient (Wildman–Crippen LogP) is 5.91. The highest BCUT2D eigenvalue weighted by Crippen LogP contribution is 2.36. The van der Waals surface area contributed by atoms with Crippen LogP contribution in [0.5, 0.6) is 0 Å². The summed E-state index contributed by atoms with van der Waals surface area (Å²) in [5.74, 6) is 0.281. The normalized spacial score (nSPS) is 18.1. The molecule has 2 aliphatic rings. The lowest BCUT2D eigenvalue weighted by atomic mass is 9.89. The summed E-state index contributed by atoms with van der Waals surface area (Å²) in [4.78, 5) is 7.26. The number of rotatable bonds is 6. The first-order valence-corrected chi connectivity index (χ1v) is 13.0. The molecule has 1 aromatic heterocycles. The summed E-state index contributed by atoms with van der Waals surface area (Å²) in [6.45, 7) is 10.8. The van der Waals surface area contributed by atoms with Crippen LogP contribution in [0.2, 0.25) is 5.02 Å². The van der Waals surface area contributed by atoms with E-state index in [2.05, 4.69) is 45.4 Å². The second-order valence-corrected chi connectivity index (χ2v) is 10.6. The standard InChI is InChI=1S/C27H32ClFN4S/c1-19(2)32-16-15-31(27(32)34)14-13-30-11-9-20(10-12-30)25-18-33(23-6-4-22(29)5-7-23)26-17-21(28)3-8-24(25)26/h3-8,17-20H,9-16H2,1-2H3. The molecule has 180 valence electrons. The van der Waals surface area contributed by atoms with Crippen LogP contribution in [0.1, 0.15) is 38.2 Å². The van der Waals surface area contributed by atoms with E-state index in [-0.39, 0.29) is 5.82 Å². The second kappa shape index (κ2) is 9.84. The Labute approximate surface area is 211 Å². The summed E-state index contributed by atoms with van der Waals surface area (Å²) in [6, 6.07) is 13.3. The Kier molecular flexibility index (Phi) is 6.83. The maximum Gasteiger partial charge on any atom is 0.171 e. The number of nitrogens with zero attached hydrogens (tertiary/aromatic N) is 4. The minimum atomic E-state index is -0.225. The first-order chi connectivity index (χ1) is 16.4. The van der Waals surface area contributed by atoms with Gasteiger partial charge in [0.15, 0.2) is 5.11 Å². The molecule has 2 aliphatic heterocycles. The molecular weight excluding hydrogens is 467 g/mol. The summed E-state index contributed by atoms with van der Waals surface area (Å²) in [5.41, 5.74) is 3.40. The molecule has 0 saturated carbocycles. The first kappa shape index (κ1) is 23.6. The molecule has 34 heavy (non-hydrogen) atoms. The third-order valence-corrected chi connectivity index (χ3v) is 8.10. The van der Waals surface area contributed by atoms with Gasteiger partial charge in [-0.3, -0.25) is 0 Å². The molecule has 3 heterocycles. The maximum atomic E-state index is 13.5. The number of aromatic nitrogens is 1. The van der Waals surface area contributed by atoms with Crippen LogP contribution < -0.4 is 0 Å². The lowest BCUT2D eigenvalue weighted by Gasteiger charge is -2.33. The van der Waals surface area contributed by atoms with E-state index in [0.717, 1.165) is 68.4 Å². The number of hydrogen-bond acceptors (Lipinski definition) is 2. The highest BCUT2D eigenvalue weighted by Gasteiger charge is 2.28. The number of thiocarbonyl (C=S) groups is 1. The van der Waals surface area contributed by atoms with Crippen LogP contribution in [0.25, 0.3) is 16.6 Å². The first-order valence-electron chi connectivity index (χ1n) is 12.2. The van der Waals surface area contributed by atoms with E-state index in [9.17, 15) is 4.39 Å². The van der Waals surface area contributed by atoms with Gasteiger partial charge in [-0.2, -0.15) is 0 Å². The Morgan fingerprint density at radius 1 is 1.00 bits per heavy atom. The van der Waals surface area contributed by atoms with Gasteiger partial charge in [-0.1, -0.05) is 17.7 Å². The fraction of sp³-hybridized carbons (Fsp3) is 0.444. The van der Waals surface area contributed by atoms with E-state index in [1.807, 2.05) is 24.3 Å². The van der Waals surface area contributed by atoms with Crippen LogP contribution >= 0.6 is 23.8 Å². The molecule has 0 amide bonds. The van der Waals surface area contributed by atoms with E-state index in [0.29, 0.717) is 17.0 Å². The Balaban J connectivity index is 1.27. The Morgan fingerprint density at radius 2 is 1.74 bits per heavy atom. The molecule has 0 aliphatic carbocycles. The van der Waals surface area contributed by atoms with Crippen LogP contribution in [0.15, 0.2) is 48.7 Å². The largest absolute Gasteiger partial charge is 0.346 e. The minimum Gasteiger partial charge on any atom is -0.346 e. The van der Waals surface area contributed by atoms with Gasteiger partial charge >= 0.3 is 0 Å². The second-order valence-electron chi connectivity index (χ2n) is 9.77. The summed E-state index contributed by atoms with van der Waals surface area (Å²) >= 11 is 12.0. The molecule has 0 spiro atoms. The number of piperidine rings is 1. The van der Waals surface area contributed by atoms with Gasteiger partial charge in [0.25, 0.3) is 0 Å². The molecule has 2 fully saturated rings. The summed E-state index contributed by atoms with van der Waals surface area (Å²) in [7, 11) is 0. The van der Waals surface area contributed by atoms with Crippen molar-refractivity contribution in [2.75, 3.05) is 39.3 Å². The average molecular weight is 499 g/mol. The highest BCUT2D eigenvalue weighted by atomic mass is 35.5. The summed E-state index contributed by atoms with van der Waals surface area (Å²) in [6.07, 6.45) is 4.50. The van der Waals surface area contributed by atoms with Gasteiger partial charge in [0.2, 0.25) is 0 Å². The molecule has 3 aromatic rings. The molecule has 2 saturated heterocycles. The minimum absolute atomic E-state index is 0.225. The average Bonchev–Trinajstić information content (AvgIpc) is 3.39. The molecule has 0 N–H and O–H groups in total. The van der Waals surface area contributed by atoms with Crippen molar-refractivity contribution in [2.24, 2.45) is 0 Å². The van der Waals surface area contributed by atoms with Crippen LogP contribution in [-0.4, -0.2) is 69.7 Å². The van der Waals surface area contributed by atoms with Crippen molar-refractivity contribution in [3.05, 3.63) is 65.1 Å². The Bertz CT molecular complexity index is 1170. The van der Waals surface area contributed by atoms with E-state index >= 15 is 0 Å². The quantitative estimate of drug-likeness (QED) is 0.392. The van der Waals surface area contributed by atoms with E-state index in [1.54, 1.807) is 0 Å². The molecule has 5 rings (SSSR count). The number of likely N-dealkylation sites (tertiary alicyclic amines) is 1. The molecule has 4 nitrogen and oxygen atoms in total. The van der Waals surface area contributed by atoms with Crippen molar-refractivity contribution in [3.8, 4) is 5.69 Å². The molecule has 0 bridgehead atoms. The molecule has 0 radical (unpaired) electrons. The van der Waals surface area contributed by atoms with Gasteiger partial charge in [-0.05, 0) is 99.9 Å². The van der Waals surface area contributed by atoms with Gasteiger partial charge in [-0.25, -0.2) is 4.39 Å². The summed E-state index contributed by atoms with van der Waals surface area (Å²) in [5, 5.41) is 2.96. The molecule has 0 atom stereocenters. The molecule has 0 unspecified atom stereocenters. The molecular formula is C27H32ClFN4S. The van der Waals surface area contributed by atoms with Gasteiger partial charge in [0.1, 0.15) is 5.82 Å². The van der Waals surface area contributed by atoms with Crippen LogP contribution in [0, 0.1) is 5.82 Å². The van der Waals surface area contributed by atoms with Crippen molar-refractivity contribution in [1.29, 1.82) is 0 Å². The van der Waals surface area contributed by atoms with E-state index < -0.39 is 0 Å². The van der Waals surface area contributed by atoms with Gasteiger partial charge < -0.3 is 19.3 Å². The summed E-state index contributed by atoms with van der Waals surface area (Å²) < 4.78 is 15.7. The SMILES string of the molecule is CC(C)N1CCN(CCN2CCC(c3cn(-c4ccc(F)cc4)c4cc(Cl)ccc34)CC2)C1=S. The predicted molar refractivity (Wildman–Crippen MR) is 143 cm³/mol. The van der Waals surface area contributed by atoms with Crippen molar-refractivity contribution >= 4 is 39.8 Å². The van der Waals surface area contributed by atoms with E-state index in [1.165, 1.54) is 23.1 Å². The Hall–Kier alpha value is -2.15. The van der Waals surface area contributed by atoms with Crippen molar-refractivity contribution in [3.63, 3.8) is 0 Å².